The van der Waals surface area contributed by atoms with Crippen LogP contribution in [0.15, 0.2) is 12.3 Å². The molecule has 3 unspecified atom stereocenters. The molecule has 0 saturated carbocycles. The predicted octanol–water partition coefficient (Wildman–Crippen LogP) is 0.786. The molecule has 2 aliphatic heterocycles. The van der Waals surface area contributed by atoms with Crippen molar-refractivity contribution in [2.24, 2.45) is 11.8 Å². The fourth-order valence-corrected chi connectivity index (χ4v) is 2.64. The van der Waals surface area contributed by atoms with Crippen molar-refractivity contribution >= 4 is 6.03 Å². The fraction of sp³-hybridized carbons (Fsp3) is 0.769. The van der Waals surface area contributed by atoms with E-state index in [1.54, 1.807) is 4.90 Å². The Morgan fingerprint density at radius 2 is 2.28 bits per heavy atom. The number of amides is 2. The van der Waals surface area contributed by atoms with Crippen molar-refractivity contribution in [2.75, 3.05) is 32.8 Å². The van der Waals surface area contributed by atoms with Crippen molar-refractivity contribution in [1.29, 1.82) is 0 Å². The quantitative estimate of drug-likeness (QED) is 0.778. The van der Waals surface area contributed by atoms with Gasteiger partial charge in [-0.3, -0.25) is 0 Å². The summed E-state index contributed by atoms with van der Waals surface area (Å²) in [5.41, 5.74) is 0. The Kier molecular flexibility index (Phi) is 4.60. The standard InChI is InChI=1S/C13H23N3O2/c1-3-16-6-5-10-7-14-8-11(9-18-4-2)12(10)15-13(16)17/h5-6,10-12,14H,3-4,7-9H2,1-2H3,(H,15,17). The van der Waals surface area contributed by atoms with E-state index in [1.807, 2.05) is 20.0 Å². The molecule has 0 aliphatic carbocycles. The number of nitrogens with zero attached hydrogens (tertiary/aromatic N) is 1. The fourth-order valence-electron chi connectivity index (χ4n) is 2.64. The van der Waals surface area contributed by atoms with E-state index in [4.69, 9.17) is 4.74 Å². The molecule has 5 nitrogen and oxygen atoms in total. The molecule has 102 valence electrons. The first kappa shape index (κ1) is 13.4. The average molecular weight is 253 g/mol. The lowest BCUT2D eigenvalue weighted by Gasteiger charge is -2.36. The van der Waals surface area contributed by atoms with E-state index in [-0.39, 0.29) is 12.1 Å². The molecular weight excluding hydrogens is 230 g/mol. The van der Waals surface area contributed by atoms with Gasteiger partial charge in [-0.15, -0.1) is 0 Å². The molecule has 0 radical (unpaired) electrons. The van der Waals surface area contributed by atoms with Gasteiger partial charge in [0.25, 0.3) is 0 Å². The third kappa shape index (κ3) is 2.84. The summed E-state index contributed by atoms with van der Waals surface area (Å²) >= 11 is 0. The lowest BCUT2D eigenvalue weighted by molar-refractivity contribution is 0.0762. The molecule has 0 spiro atoms. The normalized spacial score (nSPS) is 31.8. The number of piperidine rings is 1. The van der Waals surface area contributed by atoms with E-state index in [9.17, 15) is 4.79 Å². The van der Waals surface area contributed by atoms with Crippen LogP contribution in [0.4, 0.5) is 4.79 Å². The first-order valence-corrected chi connectivity index (χ1v) is 6.80. The Labute approximate surface area is 109 Å². The summed E-state index contributed by atoms with van der Waals surface area (Å²) in [7, 11) is 0. The Morgan fingerprint density at radius 1 is 1.44 bits per heavy atom. The predicted molar refractivity (Wildman–Crippen MR) is 70.2 cm³/mol. The maximum absolute atomic E-state index is 12.0. The first-order chi connectivity index (χ1) is 8.76. The second-order valence-electron chi connectivity index (χ2n) is 4.84. The van der Waals surface area contributed by atoms with Gasteiger partial charge < -0.3 is 20.3 Å². The molecule has 2 rings (SSSR count). The number of urea groups is 1. The van der Waals surface area contributed by atoms with Gasteiger partial charge in [0.15, 0.2) is 0 Å². The van der Waals surface area contributed by atoms with Crippen LogP contribution >= 0.6 is 0 Å². The molecule has 2 amide bonds. The highest BCUT2D eigenvalue weighted by Crippen LogP contribution is 2.22. The van der Waals surface area contributed by atoms with Crippen LogP contribution in [0.25, 0.3) is 0 Å². The van der Waals surface area contributed by atoms with E-state index >= 15 is 0 Å². The van der Waals surface area contributed by atoms with E-state index < -0.39 is 0 Å². The minimum absolute atomic E-state index is 0.00430. The van der Waals surface area contributed by atoms with E-state index in [0.717, 1.165) is 19.7 Å². The van der Waals surface area contributed by atoms with Crippen LogP contribution in [0.3, 0.4) is 0 Å². The molecule has 0 aromatic rings. The number of carbonyl (C=O) groups is 1. The van der Waals surface area contributed by atoms with Crippen molar-refractivity contribution in [1.82, 2.24) is 15.5 Å². The molecular formula is C13H23N3O2. The number of ether oxygens (including phenoxy) is 1. The smallest absolute Gasteiger partial charge is 0.321 e. The van der Waals surface area contributed by atoms with Crippen LogP contribution in [0, 0.1) is 11.8 Å². The Bertz CT molecular complexity index is 319. The van der Waals surface area contributed by atoms with Crippen LogP contribution < -0.4 is 10.6 Å². The molecule has 2 heterocycles. The monoisotopic (exact) mass is 253 g/mol. The van der Waals surface area contributed by atoms with E-state index in [0.29, 0.717) is 25.0 Å². The van der Waals surface area contributed by atoms with Gasteiger partial charge in [-0.1, -0.05) is 6.08 Å². The summed E-state index contributed by atoms with van der Waals surface area (Å²) in [4.78, 5) is 13.7. The summed E-state index contributed by atoms with van der Waals surface area (Å²) < 4.78 is 5.52. The van der Waals surface area contributed by atoms with Gasteiger partial charge >= 0.3 is 6.03 Å². The minimum Gasteiger partial charge on any atom is -0.381 e. The maximum Gasteiger partial charge on any atom is 0.321 e. The second-order valence-corrected chi connectivity index (χ2v) is 4.84. The number of hydrogen-bond donors (Lipinski definition) is 2. The average Bonchev–Trinajstić information content (AvgIpc) is 2.55. The van der Waals surface area contributed by atoms with E-state index in [2.05, 4.69) is 16.7 Å². The first-order valence-electron chi connectivity index (χ1n) is 6.80. The van der Waals surface area contributed by atoms with Gasteiger partial charge in [-0.25, -0.2) is 4.79 Å². The molecule has 18 heavy (non-hydrogen) atoms. The third-order valence-corrected chi connectivity index (χ3v) is 3.70. The van der Waals surface area contributed by atoms with Gasteiger partial charge in [-0.2, -0.15) is 0 Å². The lowest BCUT2D eigenvalue weighted by atomic mass is 9.85. The summed E-state index contributed by atoms with van der Waals surface area (Å²) in [6.07, 6.45) is 4.04. The Hall–Kier alpha value is -1.07. The second kappa shape index (κ2) is 6.20. The topological polar surface area (TPSA) is 53.6 Å². The molecule has 2 aliphatic rings. The van der Waals surface area contributed by atoms with Gasteiger partial charge in [-0.05, 0) is 13.8 Å². The van der Waals surface area contributed by atoms with Crippen molar-refractivity contribution in [3.8, 4) is 0 Å². The highest BCUT2D eigenvalue weighted by molar-refractivity contribution is 5.76. The highest BCUT2D eigenvalue weighted by Gasteiger charge is 2.35. The molecule has 0 bridgehead atoms. The molecule has 1 fully saturated rings. The molecule has 5 heteroatoms. The highest BCUT2D eigenvalue weighted by atomic mass is 16.5. The van der Waals surface area contributed by atoms with Crippen molar-refractivity contribution < 1.29 is 9.53 Å². The molecule has 2 N–H and O–H groups in total. The number of nitrogens with one attached hydrogen (secondary N) is 2. The van der Waals surface area contributed by atoms with Gasteiger partial charge in [0, 0.05) is 50.3 Å². The van der Waals surface area contributed by atoms with Crippen LogP contribution in [0.2, 0.25) is 0 Å². The Balaban J connectivity index is 2.07. The summed E-state index contributed by atoms with van der Waals surface area (Å²) in [6.45, 7) is 7.92. The van der Waals surface area contributed by atoms with Crippen molar-refractivity contribution in [2.45, 2.75) is 19.9 Å². The summed E-state index contributed by atoms with van der Waals surface area (Å²) in [6, 6.07) is 0.183. The molecule has 0 aromatic heterocycles. The lowest BCUT2D eigenvalue weighted by Crippen LogP contribution is -2.56. The molecule has 3 atom stereocenters. The third-order valence-electron chi connectivity index (χ3n) is 3.70. The van der Waals surface area contributed by atoms with Crippen molar-refractivity contribution in [3.05, 3.63) is 12.3 Å². The van der Waals surface area contributed by atoms with Crippen LogP contribution in [0.5, 0.6) is 0 Å². The maximum atomic E-state index is 12.0. The van der Waals surface area contributed by atoms with Crippen LogP contribution in [-0.2, 0) is 4.74 Å². The van der Waals surface area contributed by atoms with Crippen molar-refractivity contribution in [3.63, 3.8) is 0 Å². The summed E-state index contributed by atoms with van der Waals surface area (Å²) in [5, 5.41) is 6.56. The van der Waals surface area contributed by atoms with Crippen LogP contribution in [0.1, 0.15) is 13.8 Å². The zero-order valence-electron chi connectivity index (χ0n) is 11.2. The number of rotatable bonds is 4. The molecule has 0 aromatic carbocycles. The zero-order valence-corrected chi connectivity index (χ0v) is 11.2. The van der Waals surface area contributed by atoms with Crippen LogP contribution in [-0.4, -0.2) is 49.8 Å². The number of carbonyl (C=O) groups excluding carboxylic acids is 1. The zero-order chi connectivity index (χ0) is 13.0. The largest absolute Gasteiger partial charge is 0.381 e. The minimum atomic E-state index is 0.00430. The molecule has 1 saturated heterocycles. The SMILES string of the molecule is CCOCC1CNCC2C=CN(CC)C(=O)NC21. The van der Waals surface area contributed by atoms with Gasteiger partial charge in [0.2, 0.25) is 0 Å². The Morgan fingerprint density at radius 3 is 3.00 bits per heavy atom. The van der Waals surface area contributed by atoms with Gasteiger partial charge in [0.1, 0.15) is 0 Å². The number of fused-ring (bicyclic) bond motifs is 1. The van der Waals surface area contributed by atoms with Gasteiger partial charge in [0.05, 0.1) is 6.61 Å². The van der Waals surface area contributed by atoms with E-state index in [1.165, 1.54) is 0 Å². The summed E-state index contributed by atoms with van der Waals surface area (Å²) in [5.74, 6) is 0.693. The number of hydrogen-bond acceptors (Lipinski definition) is 3.